The quantitative estimate of drug-likeness (QED) is 0.690. The van der Waals surface area contributed by atoms with Gasteiger partial charge in [-0.15, -0.1) is 0 Å². The predicted octanol–water partition coefficient (Wildman–Crippen LogP) is 1.11. The highest BCUT2D eigenvalue weighted by molar-refractivity contribution is 5.29. The van der Waals surface area contributed by atoms with Gasteiger partial charge in [-0.05, 0) is 13.0 Å². The molecule has 0 saturated carbocycles. The van der Waals surface area contributed by atoms with Crippen LogP contribution in [0, 0.1) is 18.3 Å². The molecule has 15 heavy (non-hydrogen) atoms. The Balaban J connectivity index is 2.12. The van der Waals surface area contributed by atoms with Crippen LogP contribution in [0.2, 0.25) is 0 Å². The summed E-state index contributed by atoms with van der Waals surface area (Å²) in [4.78, 5) is 6.37. The van der Waals surface area contributed by atoms with Gasteiger partial charge in [-0.3, -0.25) is 4.90 Å². The molecule has 0 N–H and O–H groups in total. The first kappa shape index (κ1) is 9.94. The first-order chi connectivity index (χ1) is 7.24. The minimum atomic E-state index is 0.0796. The van der Waals surface area contributed by atoms with Crippen molar-refractivity contribution in [2.75, 3.05) is 13.7 Å². The van der Waals surface area contributed by atoms with Gasteiger partial charge in [-0.2, -0.15) is 5.26 Å². The zero-order valence-electron chi connectivity index (χ0n) is 8.90. The van der Waals surface area contributed by atoms with Crippen molar-refractivity contribution in [2.45, 2.75) is 19.5 Å². The average Bonchev–Trinajstić information content (AvgIpc) is 2.99. The average molecular weight is 203 g/mol. The number of methoxy groups -OCH3 is 1. The zero-order valence-corrected chi connectivity index (χ0v) is 8.90. The summed E-state index contributed by atoms with van der Waals surface area (Å²) in [5.74, 6) is 0.665. The summed E-state index contributed by atoms with van der Waals surface area (Å²) >= 11 is 0. The van der Waals surface area contributed by atoms with Crippen molar-refractivity contribution in [1.82, 2.24) is 9.88 Å². The van der Waals surface area contributed by atoms with Gasteiger partial charge in [-0.25, -0.2) is 4.98 Å². The summed E-state index contributed by atoms with van der Waals surface area (Å²) in [5, 5.41) is 8.69. The Labute approximate surface area is 89.1 Å². The van der Waals surface area contributed by atoms with Gasteiger partial charge in [0.15, 0.2) is 0 Å². The molecule has 4 nitrogen and oxygen atoms in total. The Kier molecular flexibility index (Phi) is 2.57. The third-order valence-corrected chi connectivity index (χ3v) is 2.51. The van der Waals surface area contributed by atoms with Gasteiger partial charge in [-0.1, -0.05) is 6.07 Å². The molecule has 1 aliphatic rings. The molecule has 1 saturated heterocycles. The minimum absolute atomic E-state index is 0.0796. The molecule has 78 valence electrons. The van der Waals surface area contributed by atoms with E-state index in [-0.39, 0.29) is 6.04 Å². The summed E-state index contributed by atoms with van der Waals surface area (Å²) in [6.45, 7) is 3.53. The van der Waals surface area contributed by atoms with Gasteiger partial charge in [0, 0.05) is 24.3 Å². The van der Waals surface area contributed by atoms with Crippen molar-refractivity contribution >= 4 is 0 Å². The van der Waals surface area contributed by atoms with E-state index in [9.17, 15) is 0 Å². The molecule has 1 aromatic rings. The van der Waals surface area contributed by atoms with Crippen molar-refractivity contribution in [3.8, 4) is 11.9 Å². The van der Waals surface area contributed by atoms with Crippen LogP contribution >= 0.6 is 0 Å². The second-order valence-corrected chi connectivity index (χ2v) is 3.70. The van der Waals surface area contributed by atoms with E-state index in [0.29, 0.717) is 5.88 Å². The van der Waals surface area contributed by atoms with E-state index < -0.39 is 0 Å². The topological polar surface area (TPSA) is 48.9 Å². The first-order valence-electron chi connectivity index (χ1n) is 4.89. The van der Waals surface area contributed by atoms with E-state index in [4.69, 9.17) is 10.00 Å². The molecular formula is C11H13N3O. The monoisotopic (exact) mass is 203 g/mol. The van der Waals surface area contributed by atoms with Crippen molar-refractivity contribution in [3.05, 3.63) is 23.4 Å². The maximum atomic E-state index is 8.69. The van der Waals surface area contributed by atoms with Gasteiger partial charge in [0.25, 0.3) is 0 Å². The number of aromatic nitrogens is 1. The molecule has 0 radical (unpaired) electrons. The summed E-state index contributed by atoms with van der Waals surface area (Å²) in [6.07, 6.45) is 0. The van der Waals surface area contributed by atoms with Crippen LogP contribution in [0.4, 0.5) is 0 Å². The van der Waals surface area contributed by atoms with E-state index in [0.717, 1.165) is 24.3 Å². The number of pyridine rings is 1. The number of nitriles is 1. The molecule has 0 bridgehead atoms. The normalized spacial score (nSPS) is 23.3. The van der Waals surface area contributed by atoms with Crippen molar-refractivity contribution < 1.29 is 4.74 Å². The molecule has 4 heteroatoms. The van der Waals surface area contributed by atoms with E-state index in [2.05, 4.69) is 16.0 Å². The van der Waals surface area contributed by atoms with E-state index in [1.165, 1.54) is 0 Å². The summed E-state index contributed by atoms with van der Waals surface area (Å²) in [5.41, 5.74) is 1.99. The number of hydrogen-bond acceptors (Lipinski definition) is 4. The maximum absolute atomic E-state index is 8.69. The molecular weight excluding hydrogens is 190 g/mol. The molecule has 1 aliphatic heterocycles. The molecule has 0 aromatic carbocycles. The van der Waals surface area contributed by atoms with Crippen LogP contribution < -0.4 is 4.74 Å². The standard InChI is InChI=1S/C11H13N3O/c1-8-3-4-9(11(13-8)15-2)6-14-7-10(14)5-12/h3-4,10H,6-7H2,1-2H3/t10-,14?/m1/s1. The van der Waals surface area contributed by atoms with Crippen LogP contribution in [0.15, 0.2) is 12.1 Å². The largest absolute Gasteiger partial charge is 0.481 e. The van der Waals surface area contributed by atoms with Gasteiger partial charge in [0.2, 0.25) is 5.88 Å². The summed E-state index contributed by atoms with van der Waals surface area (Å²) in [6, 6.07) is 6.27. The fraction of sp³-hybridized carbons (Fsp3) is 0.455. The van der Waals surface area contributed by atoms with Crippen LogP contribution in [0.3, 0.4) is 0 Å². The van der Waals surface area contributed by atoms with Gasteiger partial charge >= 0.3 is 0 Å². The van der Waals surface area contributed by atoms with E-state index in [1.54, 1.807) is 7.11 Å². The molecule has 1 unspecified atom stereocenters. The Morgan fingerprint density at radius 1 is 1.67 bits per heavy atom. The minimum Gasteiger partial charge on any atom is -0.481 e. The molecule has 0 amide bonds. The van der Waals surface area contributed by atoms with Crippen molar-refractivity contribution in [1.29, 1.82) is 5.26 Å². The van der Waals surface area contributed by atoms with Gasteiger partial charge < -0.3 is 4.74 Å². The Bertz CT molecular complexity index is 411. The smallest absolute Gasteiger partial charge is 0.217 e. The zero-order chi connectivity index (χ0) is 10.8. The predicted molar refractivity (Wildman–Crippen MR) is 55.3 cm³/mol. The van der Waals surface area contributed by atoms with Crippen LogP contribution in [-0.2, 0) is 6.54 Å². The lowest BCUT2D eigenvalue weighted by molar-refractivity contribution is 0.383. The van der Waals surface area contributed by atoms with Crippen LogP contribution in [-0.4, -0.2) is 29.6 Å². The third-order valence-electron chi connectivity index (χ3n) is 2.51. The Morgan fingerprint density at radius 3 is 3.07 bits per heavy atom. The lowest BCUT2D eigenvalue weighted by Crippen LogP contribution is -2.04. The Hall–Kier alpha value is -1.60. The fourth-order valence-corrected chi connectivity index (χ4v) is 1.55. The highest BCUT2D eigenvalue weighted by atomic mass is 16.5. The summed E-state index contributed by atoms with van der Waals surface area (Å²) < 4.78 is 5.20. The highest BCUT2D eigenvalue weighted by Crippen LogP contribution is 2.24. The molecule has 0 spiro atoms. The number of hydrogen-bond donors (Lipinski definition) is 0. The lowest BCUT2D eigenvalue weighted by atomic mass is 10.2. The first-order valence-corrected chi connectivity index (χ1v) is 4.89. The molecule has 2 rings (SSSR count). The number of aryl methyl sites for hydroxylation is 1. The van der Waals surface area contributed by atoms with E-state index >= 15 is 0 Å². The lowest BCUT2D eigenvalue weighted by Gasteiger charge is -2.08. The molecule has 2 atom stereocenters. The van der Waals surface area contributed by atoms with Crippen molar-refractivity contribution in [3.63, 3.8) is 0 Å². The Morgan fingerprint density at radius 2 is 2.47 bits per heavy atom. The molecule has 0 aliphatic carbocycles. The van der Waals surface area contributed by atoms with Crippen LogP contribution in [0.25, 0.3) is 0 Å². The maximum Gasteiger partial charge on any atom is 0.217 e. The van der Waals surface area contributed by atoms with Gasteiger partial charge in [0.1, 0.15) is 6.04 Å². The van der Waals surface area contributed by atoms with Crippen molar-refractivity contribution in [2.24, 2.45) is 0 Å². The second kappa shape index (κ2) is 3.87. The number of ether oxygens (including phenoxy) is 1. The molecule has 1 fully saturated rings. The van der Waals surface area contributed by atoms with E-state index in [1.807, 2.05) is 19.1 Å². The van der Waals surface area contributed by atoms with Gasteiger partial charge in [0.05, 0.1) is 13.2 Å². The molecule has 1 aromatic heterocycles. The van der Waals surface area contributed by atoms with Crippen LogP contribution in [0.1, 0.15) is 11.3 Å². The highest BCUT2D eigenvalue weighted by Gasteiger charge is 2.34. The van der Waals surface area contributed by atoms with Crippen LogP contribution in [0.5, 0.6) is 5.88 Å². The second-order valence-electron chi connectivity index (χ2n) is 3.70. The number of rotatable bonds is 3. The SMILES string of the molecule is COc1nc(C)ccc1CN1C[C@H]1C#N. The number of nitrogens with zero attached hydrogens (tertiary/aromatic N) is 3. The fourth-order valence-electron chi connectivity index (χ4n) is 1.55. The molecule has 2 heterocycles. The summed E-state index contributed by atoms with van der Waals surface area (Å²) in [7, 11) is 1.62. The third kappa shape index (κ3) is 2.08.